The lowest BCUT2D eigenvalue weighted by atomic mass is 10.3. The van der Waals surface area contributed by atoms with Crippen molar-refractivity contribution < 1.29 is 9.53 Å². The predicted molar refractivity (Wildman–Crippen MR) is 60.9 cm³/mol. The summed E-state index contributed by atoms with van der Waals surface area (Å²) in [4.78, 5) is 19.3. The molecule has 86 valence electrons. The Morgan fingerprint density at radius 2 is 2.25 bits per heavy atom. The van der Waals surface area contributed by atoms with Crippen LogP contribution in [0.2, 0.25) is 0 Å². The first-order chi connectivity index (χ1) is 7.74. The van der Waals surface area contributed by atoms with Crippen molar-refractivity contribution in [1.29, 1.82) is 0 Å². The summed E-state index contributed by atoms with van der Waals surface area (Å²) in [6, 6.07) is -0.353. The predicted octanol–water partition coefficient (Wildman–Crippen LogP) is 1.50. The number of carbonyl (C=O) groups excluding carboxylic acids is 1. The van der Waals surface area contributed by atoms with Gasteiger partial charge in [0.1, 0.15) is 6.23 Å². The number of urea groups is 1. The van der Waals surface area contributed by atoms with Crippen LogP contribution < -0.4 is 10.6 Å². The molecule has 0 saturated carbocycles. The van der Waals surface area contributed by atoms with E-state index in [4.69, 9.17) is 4.74 Å². The van der Waals surface area contributed by atoms with Crippen LogP contribution in [0.15, 0.2) is 16.9 Å². The Bertz CT molecular complexity index is 364. The van der Waals surface area contributed by atoms with Gasteiger partial charge in [0.05, 0.1) is 4.47 Å². The Morgan fingerprint density at radius 1 is 1.50 bits per heavy atom. The molecule has 0 spiro atoms. The van der Waals surface area contributed by atoms with Crippen molar-refractivity contribution >= 4 is 27.9 Å². The van der Waals surface area contributed by atoms with Gasteiger partial charge in [0.25, 0.3) is 0 Å². The number of amides is 2. The molecule has 1 aromatic heterocycles. The Morgan fingerprint density at radius 3 is 2.88 bits per heavy atom. The zero-order valence-electron chi connectivity index (χ0n) is 8.44. The van der Waals surface area contributed by atoms with Gasteiger partial charge in [-0.1, -0.05) is 0 Å². The van der Waals surface area contributed by atoms with Gasteiger partial charge in [0.2, 0.25) is 5.95 Å². The first-order valence-corrected chi connectivity index (χ1v) is 5.70. The van der Waals surface area contributed by atoms with Gasteiger partial charge in [-0.3, -0.25) is 5.32 Å². The average molecular weight is 287 g/mol. The van der Waals surface area contributed by atoms with E-state index in [0.29, 0.717) is 6.61 Å². The topological polar surface area (TPSA) is 76.1 Å². The van der Waals surface area contributed by atoms with Crippen LogP contribution in [0, 0.1) is 0 Å². The molecule has 2 N–H and O–H groups in total. The number of hydrogen-bond acceptors (Lipinski definition) is 4. The summed E-state index contributed by atoms with van der Waals surface area (Å²) in [5, 5.41) is 5.20. The Labute approximate surface area is 101 Å². The first kappa shape index (κ1) is 11.3. The van der Waals surface area contributed by atoms with E-state index in [2.05, 4.69) is 36.5 Å². The second kappa shape index (κ2) is 5.22. The fourth-order valence-electron chi connectivity index (χ4n) is 1.35. The maximum absolute atomic E-state index is 11.5. The molecule has 1 atom stereocenters. The van der Waals surface area contributed by atoms with Gasteiger partial charge in [-0.15, -0.1) is 0 Å². The fraction of sp³-hybridized carbons (Fsp3) is 0.444. The van der Waals surface area contributed by atoms with Crippen molar-refractivity contribution in [1.82, 2.24) is 15.3 Å². The van der Waals surface area contributed by atoms with Gasteiger partial charge < -0.3 is 10.1 Å². The fourth-order valence-corrected chi connectivity index (χ4v) is 1.56. The highest BCUT2D eigenvalue weighted by molar-refractivity contribution is 9.10. The van der Waals surface area contributed by atoms with Gasteiger partial charge in [-0.25, -0.2) is 14.8 Å². The number of aromatic nitrogens is 2. The molecule has 0 aliphatic carbocycles. The molecular formula is C9H11BrN4O2. The molecule has 16 heavy (non-hydrogen) atoms. The SMILES string of the molecule is O=C(Nc1ncc(Br)cn1)NC1CCCO1. The van der Waals surface area contributed by atoms with Crippen LogP contribution >= 0.6 is 15.9 Å². The van der Waals surface area contributed by atoms with Crippen LogP contribution in [0.25, 0.3) is 0 Å². The summed E-state index contributed by atoms with van der Waals surface area (Å²) in [6.07, 6.45) is 4.74. The molecule has 1 unspecified atom stereocenters. The minimum absolute atomic E-state index is 0.199. The molecule has 0 bridgehead atoms. The summed E-state index contributed by atoms with van der Waals surface area (Å²) in [7, 11) is 0. The number of ether oxygens (including phenoxy) is 1. The number of nitrogens with one attached hydrogen (secondary N) is 2. The molecule has 7 heteroatoms. The Hall–Kier alpha value is -1.21. The second-order valence-corrected chi connectivity index (χ2v) is 4.24. The molecule has 1 fully saturated rings. The van der Waals surface area contributed by atoms with Crippen LogP contribution in [0.3, 0.4) is 0 Å². The molecule has 2 amide bonds. The van der Waals surface area contributed by atoms with Crippen molar-refractivity contribution in [3.8, 4) is 0 Å². The van der Waals surface area contributed by atoms with Crippen molar-refractivity contribution in [3.05, 3.63) is 16.9 Å². The second-order valence-electron chi connectivity index (χ2n) is 3.33. The number of halogens is 1. The van der Waals surface area contributed by atoms with E-state index in [0.717, 1.165) is 17.3 Å². The van der Waals surface area contributed by atoms with Crippen LogP contribution in [0.5, 0.6) is 0 Å². The zero-order valence-corrected chi connectivity index (χ0v) is 10.0. The van der Waals surface area contributed by atoms with E-state index >= 15 is 0 Å². The third-order valence-corrected chi connectivity index (χ3v) is 2.48. The van der Waals surface area contributed by atoms with Crippen molar-refractivity contribution in [2.75, 3.05) is 11.9 Å². The zero-order chi connectivity index (χ0) is 11.4. The summed E-state index contributed by atoms with van der Waals surface area (Å²) < 4.78 is 6.02. The minimum Gasteiger partial charge on any atom is -0.358 e. The normalized spacial score (nSPS) is 19.4. The minimum atomic E-state index is -0.353. The van der Waals surface area contributed by atoms with E-state index in [-0.39, 0.29) is 18.2 Å². The summed E-state index contributed by atoms with van der Waals surface area (Å²) in [5.41, 5.74) is 0. The number of rotatable bonds is 2. The lowest BCUT2D eigenvalue weighted by Gasteiger charge is -2.11. The Balaban J connectivity index is 1.84. The summed E-state index contributed by atoms with van der Waals surface area (Å²) in [5.74, 6) is 0.263. The molecular weight excluding hydrogens is 276 g/mol. The number of carbonyl (C=O) groups is 1. The van der Waals surface area contributed by atoms with Gasteiger partial charge >= 0.3 is 6.03 Å². The van der Waals surface area contributed by atoms with Gasteiger partial charge in [0.15, 0.2) is 0 Å². The third-order valence-electron chi connectivity index (χ3n) is 2.07. The molecule has 1 aromatic rings. The van der Waals surface area contributed by atoms with Gasteiger partial charge in [-0.05, 0) is 28.8 Å². The van der Waals surface area contributed by atoms with Crippen LogP contribution in [-0.4, -0.2) is 28.8 Å². The highest BCUT2D eigenvalue weighted by atomic mass is 79.9. The Kier molecular flexibility index (Phi) is 3.68. The highest BCUT2D eigenvalue weighted by Crippen LogP contribution is 2.09. The number of anilines is 1. The van der Waals surface area contributed by atoms with Gasteiger partial charge in [0, 0.05) is 19.0 Å². The highest BCUT2D eigenvalue weighted by Gasteiger charge is 2.17. The first-order valence-electron chi connectivity index (χ1n) is 4.91. The van der Waals surface area contributed by atoms with E-state index < -0.39 is 0 Å². The molecule has 1 saturated heterocycles. The maximum atomic E-state index is 11.5. The van der Waals surface area contributed by atoms with Crippen LogP contribution in [0.1, 0.15) is 12.8 Å². The van der Waals surface area contributed by atoms with E-state index in [9.17, 15) is 4.79 Å². The number of nitrogens with zero attached hydrogens (tertiary/aromatic N) is 2. The summed E-state index contributed by atoms with van der Waals surface area (Å²) in [6.45, 7) is 0.694. The quantitative estimate of drug-likeness (QED) is 0.864. The number of hydrogen-bond donors (Lipinski definition) is 2. The molecule has 2 heterocycles. The van der Waals surface area contributed by atoms with Crippen molar-refractivity contribution in [3.63, 3.8) is 0 Å². The van der Waals surface area contributed by atoms with Crippen LogP contribution in [-0.2, 0) is 4.74 Å². The van der Waals surface area contributed by atoms with Gasteiger partial charge in [-0.2, -0.15) is 0 Å². The standard InChI is InChI=1S/C9H11BrN4O2/c10-6-4-11-8(12-5-6)14-9(15)13-7-2-1-3-16-7/h4-5,7H,1-3H2,(H2,11,12,13,14,15). The van der Waals surface area contributed by atoms with Crippen LogP contribution in [0.4, 0.5) is 10.7 Å². The average Bonchev–Trinajstić information content (AvgIpc) is 2.74. The van der Waals surface area contributed by atoms with E-state index in [1.54, 1.807) is 12.4 Å². The van der Waals surface area contributed by atoms with Crippen molar-refractivity contribution in [2.45, 2.75) is 19.1 Å². The molecule has 1 aliphatic rings. The molecule has 0 aromatic carbocycles. The smallest absolute Gasteiger partial charge is 0.323 e. The molecule has 6 nitrogen and oxygen atoms in total. The largest absolute Gasteiger partial charge is 0.358 e. The van der Waals surface area contributed by atoms with Crippen molar-refractivity contribution in [2.24, 2.45) is 0 Å². The molecule has 0 radical (unpaired) electrons. The van der Waals surface area contributed by atoms with E-state index in [1.165, 1.54) is 0 Å². The lowest BCUT2D eigenvalue weighted by Crippen LogP contribution is -2.37. The molecule has 1 aliphatic heterocycles. The van der Waals surface area contributed by atoms with E-state index in [1.807, 2.05) is 0 Å². The summed E-state index contributed by atoms with van der Waals surface area (Å²) >= 11 is 3.21. The third kappa shape index (κ3) is 3.14. The molecule has 2 rings (SSSR count). The monoisotopic (exact) mass is 286 g/mol. The maximum Gasteiger partial charge on any atom is 0.323 e. The lowest BCUT2D eigenvalue weighted by molar-refractivity contribution is 0.0928.